The summed E-state index contributed by atoms with van der Waals surface area (Å²) in [7, 11) is 0. The molecule has 0 bridgehead atoms. The molecule has 0 fully saturated rings. The van der Waals surface area contributed by atoms with Crippen molar-refractivity contribution < 1.29 is 14.3 Å². The van der Waals surface area contributed by atoms with E-state index < -0.39 is 5.97 Å². The molecule has 5 heteroatoms. The number of hydrogen-bond donors (Lipinski definition) is 2. The van der Waals surface area contributed by atoms with Crippen LogP contribution >= 0.6 is 22.6 Å². The van der Waals surface area contributed by atoms with Crippen LogP contribution in [-0.2, 0) is 6.54 Å². The summed E-state index contributed by atoms with van der Waals surface area (Å²) in [5, 5.41) is 13.3. The summed E-state index contributed by atoms with van der Waals surface area (Å²) >= 11 is 2.24. The summed E-state index contributed by atoms with van der Waals surface area (Å²) in [5.41, 5.74) is 2.20. The molecule has 4 nitrogen and oxygen atoms in total. The van der Waals surface area contributed by atoms with Gasteiger partial charge < -0.3 is 14.8 Å². The number of carbonyl (C=O) groups is 1. The van der Waals surface area contributed by atoms with Gasteiger partial charge >= 0.3 is 5.97 Å². The van der Waals surface area contributed by atoms with Gasteiger partial charge in [-0.1, -0.05) is 18.2 Å². The molecule has 0 spiro atoms. The lowest BCUT2D eigenvalue weighted by Gasteiger charge is -2.06. The molecule has 106 valence electrons. The van der Waals surface area contributed by atoms with E-state index in [2.05, 4.69) is 27.9 Å². The minimum Gasteiger partial charge on any atom is -0.475 e. The van der Waals surface area contributed by atoms with Crippen molar-refractivity contribution in [2.75, 3.05) is 5.32 Å². The number of hydrogen-bond acceptors (Lipinski definition) is 3. The molecule has 2 N–H and O–H groups in total. The zero-order chi connectivity index (χ0) is 14.8. The van der Waals surface area contributed by atoms with Crippen LogP contribution in [0.4, 0.5) is 5.69 Å². The zero-order valence-electron chi connectivity index (χ0n) is 11.0. The number of benzene rings is 2. The molecule has 0 aliphatic heterocycles. The van der Waals surface area contributed by atoms with Gasteiger partial charge in [-0.05, 0) is 52.9 Å². The number of aromatic carboxylic acids is 1. The Bertz CT molecular complexity index is 793. The number of furan rings is 1. The normalized spacial score (nSPS) is 10.7. The number of halogens is 1. The topological polar surface area (TPSA) is 62.5 Å². The zero-order valence-corrected chi connectivity index (χ0v) is 13.1. The predicted octanol–water partition coefficient (Wildman–Crippen LogP) is 4.35. The number of anilines is 1. The fourth-order valence-corrected chi connectivity index (χ4v) is 2.56. The van der Waals surface area contributed by atoms with E-state index in [0.29, 0.717) is 17.7 Å². The van der Waals surface area contributed by atoms with Crippen LogP contribution in [0, 0.1) is 3.57 Å². The van der Waals surface area contributed by atoms with E-state index in [0.717, 1.165) is 14.6 Å². The Kier molecular flexibility index (Phi) is 3.83. The fraction of sp³-hybridized carbons (Fsp3) is 0.0625. The van der Waals surface area contributed by atoms with Gasteiger partial charge in [-0.25, -0.2) is 4.79 Å². The Balaban J connectivity index is 1.93. The van der Waals surface area contributed by atoms with Crippen molar-refractivity contribution in [3.8, 4) is 0 Å². The Morgan fingerprint density at radius 3 is 2.57 bits per heavy atom. The second-order valence-corrected chi connectivity index (χ2v) is 5.82. The molecule has 21 heavy (non-hydrogen) atoms. The van der Waals surface area contributed by atoms with Crippen LogP contribution < -0.4 is 5.32 Å². The second kappa shape index (κ2) is 5.77. The van der Waals surface area contributed by atoms with Gasteiger partial charge in [0, 0.05) is 26.8 Å². The van der Waals surface area contributed by atoms with Crippen molar-refractivity contribution >= 4 is 45.2 Å². The third-order valence-corrected chi connectivity index (χ3v) is 3.93. The minimum absolute atomic E-state index is 0.00536. The van der Waals surface area contributed by atoms with Gasteiger partial charge in [0.05, 0.1) is 0 Å². The lowest BCUT2D eigenvalue weighted by Crippen LogP contribution is -2.05. The Hall–Kier alpha value is -2.02. The highest BCUT2D eigenvalue weighted by molar-refractivity contribution is 14.1. The molecule has 3 aromatic rings. The molecule has 0 atom stereocenters. The molecule has 0 unspecified atom stereocenters. The Morgan fingerprint density at radius 1 is 1.14 bits per heavy atom. The Morgan fingerprint density at radius 2 is 1.86 bits per heavy atom. The van der Waals surface area contributed by atoms with Gasteiger partial charge in [0.2, 0.25) is 5.76 Å². The number of carboxylic acids is 1. The van der Waals surface area contributed by atoms with E-state index in [9.17, 15) is 9.90 Å². The molecule has 0 saturated heterocycles. The summed E-state index contributed by atoms with van der Waals surface area (Å²) in [5.74, 6) is -1.06. The Labute approximate surface area is 134 Å². The third kappa shape index (κ3) is 2.87. The first-order valence-corrected chi connectivity index (χ1v) is 7.46. The summed E-state index contributed by atoms with van der Waals surface area (Å²) in [6, 6.07) is 15.3. The molecule has 0 saturated carbocycles. The van der Waals surface area contributed by atoms with Gasteiger partial charge in [0.1, 0.15) is 5.58 Å². The molecule has 2 aromatic carbocycles. The molecular formula is C16H12INO3. The SMILES string of the molecule is O=C(O)c1oc2ccccc2c1CNc1ccc(I)cc1. The number of carboxylic acid groups (broad SMARTS) is 1. The first kappa shape index (κ1) is 13.9. The van der Waals surface area contributed by atoms with Crippen LogP contribution in [-0.4, -0.2) is 11.1 Å². The largest absolute Gasteiger partial charge is 0.475 e. The third-order valence-electron chi connectivity index (χ3n) is 3.21. The summed E-state index contributed by atoms with van der Waals surface area (Å²) in [4.78, 5) is 11.3. The average Bonchev–Trinajstić information content (AvgIpc) is 2.86. The molecule has 0 radical (unpaired) electrons. The van der Waals surface area contributed by atoms with Crippen LogP contribution in [0.3, 0.4) is 0 Å². The van der Waals surface area contributed by atoms with Gasteiger partial charge in [-0.3, -0.25) is 0 Å². The van der Waals surface area contributed by atoms with Crippen LogP contribution in [0.5, 0.6) is 0 Å². The van der Waals surface area contributed by atoms with Crippen molar-refractivity contribution in [1.29, 1.82) is 0 Å². The monoisotopic (exact) mass is 393 g/mol. The van der Waals surface area contributed by atoms with Gasteiger partial charge in [0.25, 0.3) is 0 Å². The van der Waals surface area contributed by atoms with Crippen molar-refractivity contribution in [2.24, 2.45) is 0 Å². The highest BCUT2D eigenvalue weighted by Gasteiger charge is 2.19. The number of fused-ring (bicyclic) bond motifs is 1. The van der Waals surface area contributed by atoms with Gasteiger partial charge in [-0.15, -0.1) is 0 Å². The predicted molar refractivity (Wildman–Crippen MR) is 89.7 cm³/mol. The summed E-state index contributed by atoms with van der Waals surface area (Å²) in [6.45, 7) is 0.402. The molecule has 1 heterocycles. The first-order chi connectivity index (χ1) is 10.1. The molecule has 1 aromatic heterocycles. The van der Waals surface area contributed by atoms with Crippen molar-refractivity contribution in [2.45, 2.75) is 6.54 Å². The maximum atomic E-state index is 11.3. The van der Waals surface area contributed by atoms with E-state index in [1.165, 1.54) is 0 Å². The minimum atomic E-state index is -1.05. The maximum absolute atomic E-state index is 11.3. The second-order valence-electron chi connectivity index (χ2n) is 4.57. The van der Waals surface area contributed by atoms with Crippen molar-refractivity contribution in [3.05, 3.63) is 63.4 Å². The smallest absolute Gasteiger partial charge is 0.372 e. The van der Waals surface area contributed by atoms with E-state index in [-0.39, 0.29) is 5.76 Å². The van der Waals surface area contributed by atoms with Gasteiger partial charge in [0.15, 0.2) is 0 Å². The molecular weight excluding hydrogens is 381 g/mol. The number of rotatable bonds is 4. The maximum Gasteiger partial charge on any atom is 0.372 e. The standard InChI is InChI=1S/C16H12INO3/c17-10-5-7-11(8-6-10)18-9-13-12-3-1-2-4-14(12)21-15(13)16(19)20/h1-8,18H,9H2,(H,19,20). The van der Waals surface area contributed by atoms with E-state index in [1.807, 2.05) is 42.5 Å². The molecule has 3 rings (SSSR count). The van der Waals surface area contributed by atoms with Crippen LogP contribution in [0.15, 0.2) is 52.9 Å². The number of nitrogens with one attached hydrogen (secondary N) is 1. The lowest BCUT2D eigenvalue weighted by atomic mass is 10.1. The van der Waals surface area contributed by atoms with Crippen LogP contribution in [0.1, 0.15) is 16.1 Å². The lowest BCUT2D eigenvalue weighted by molar-refractivity contribution is 0.0663. The number of para-hydroxylation sites is 1. The van der Waals surface area contributed by atoms with E-state index >= 15 is 0 Å². The van der Waals surface area contributed by atoms with Crippen LogP contribution in [0.2, 0.25) is 0 Å². The molecule has 0 aliphatic carbocycles. The summed E-state index contributed by atoms with van der Waals surface area (Å²) in [6.07, 6.45) is 0. The fourth-order valence-electron chi connectivity index (χ4n) is 2.21. The highest BCUT2D eigenvalue weighted by atomic mass is 127. The van der Waals surface area contributed by atoms with Crippen molar-refractivity contribution in [3.63, 3.8) is 0 Å². The van der Waals surface area contributed by atoms with Crippen LogP contribution in [0.25, 0.3) is 11.0 Å². The quantitative estimate of drug-likeness (QED) is 0.648. The van der Waals surface area contributed by atoms with E-state index in [1.54, 1.807) is 6.07 Å². The summed E-state index contributed by atoms with van der Waals surface area (Å²) < 4.78 is 6.58. The van der Waals surface area contributed by atoms with Crippen molar-refractivity contribution in [1.82, 2.24) is 0 Å². The van der Waals surface area contributed by atoms with E-state index in [4.69, 9.17) is 4.42 Å². The molecule has 0 aliphatic rings. The molecule has 0 amide bonds. The first-order valence-electron chi connectivity index (χ1n) is 6.38. The highest BCUT2D eigenvalue weighted by Crippen LogP contribution is 2.26. The van der Waals surface area contributed by atoms with Gasteiger partial charge in [-0.2, -0.15) is 0 Å². The average molecular weight is 393 g/mol.